The monoisotopic (exact) mass is 384 g/mol. The number of halogens is 1. The van der Waals surface area contributed by atoms with Gasteiger partial charge in [0, 0.05) is 12.2 Å². The minimum absolute atomic E-state index is 0.0439. The Hall–Kier alpha value is -2.13. The Bertz CT molecular complexity index is 1000. The zero-order valence-electron chi connectivity index (χ0n) is 13.4. The van der Waals surface area contributed by atoms with Crippen LogP contribution in [0, 0.1) is 12.7 Å². The smallest absolute Gasteiger partial charge is 0.261 e. The summed E-state index contributed by atoms with van der Waals surface area (Å²) < 4.78 is 65.6. The van der Waals surface area contributed by atoms with Crippen LogP contribution in [0.1, 0.15) is 12.0 Å². The molecule has 0 radical (unpaired) electrons. The predicted octanol–water partition coefficient (Wildman–Crippen LogP) is 2.47. The lowest BCUT2D eigenvalue weighted by Gasteiger charge is -2.17. The average molecular weight is 384 g/mol. The van der Waals surface area contributed by atoms with Gasteiger partial charge in [-0.25, -0.2) is 21.2 Å². The first-order chi connectivity index (χ1) is 11.7. The van der Waals surface area contributed by atoms with Crippen molar-refractivity contribution in [2.45, 2.75) is 18.2 Å². The van der Waals surface area contributed by atoms with Crippen molar-refractivity contribution in [2.24, 2.45) is 0 Å². The molecule has 0 saturated carbocycles. The number of sulfonamides is 2. The van der Waals surface area contributed by atoms with Crippen LogP contribution in [0.4, 0.5) is 15.8 Å². The summed E-state index contributed by atoms with van der Waals surface area (Å²) in [6.45, 7) is 1.90. The Balaban J connectivity index is 1.82. The van der Waals surface area contributed by atoms with E-state index in [1.165, 1.54) is 35.5 Å². The first-order valence-corrected chi connectivity index (χ1v) is 10.7. The maximum absolute atomic E-state index is 13.3. The molecule has 25 heavy (non-hydrogen) atoms. The number of hydrogen-bond donors (Lipinski definition) is 1. The quantitative estimate of drug-likeness (QED) is 0.878. The lowest BCUT2D eigenvalue weighted by Crippen LogP contribution is -2.25. The number of benzene rings is 2. The van der Waals surface area contributed by atoms with Crippen LogP contribution in [0.2, 0.25) is 0 Å². The topological polar surface area (TPSA) is 83.6 Å². The van der Waals surface area contributed by atoms with Gasteiger partial charge in [0.2, 0.25) is 10.0 Å². The molecule has 134 valence electrons. The largest absolute Gasteiger partial charge is 0.280 e. The van der Waals surface area contributed by atoms with Crippen LogP contribution in [0.25, 0.3) is 0 Å². The summed E-state index contributed by atoms with van der Waals surface area (Å²) in [5, 5.41) is 0. The summed E-state index contributed by atoms with van der Waals surface area (Å²) in [5.74, 6) is -0.360. The number of rotatable bonds is 4. The normalized spacial score (nSPS) is 16.8. The lowest BCUT2D eigenvalue weighted by atomic mass is 10.2. The minimum atomic E-state index is -3.86. The number of anilines is 2. The first kappa shape index (κ1) is 17.7. The summed E-state index contributed by atoms with van der Waals surface area (Å²) in [7, 11) is -7.14. The van der Waals surface area contributed by atoms with Crippen molar-refractivity contribution in [1.82, 2.24) is 0 Å². The van der Waals surface area contributed by atoms with Crippen LogP contribution in [0.15, 0.2) is 47.4 Å². The molecule has 0 bridgehead atoms. The SMILES string of the molecule is Cc1cc(S(=O)(=O)Nc2ccc(N3CCCS3(=O)=O)cc2)ccc1F. The van der Waals surface area contributed by atoms with Gasteiger partial charge < -0.3 is 0 Å². The fraction of sp³-hybridized carbons (Fsp3) is 0.250. The number of nitrogens with one attached hydrogen (secondary N) is 1. The third-order valence-electron chi connectivity index (χ3n) is 3.95. The van der Waals surface area contributed by atoms with E-state index in [-0.39, 0.29) is 16.2 Å². The molecule has 0 aromatic heterocycles. The lowest BCUT2D eigenvalue weighted by molar-refractivity contribution is 0.597. The molecule has 3 rings (SSSR count). The van der Waals surface area contributed by atoms with Crippen LogP contribution < -0.4 is 9.03 Å². The molecule has 0 atom stereocenters. The zero-order valence-corrected chi connectivity index (χ0v) is 15.1. The van der Waals surface area contributed by atoms with Crippen LogP contribution in [-0.4, -0.2) is 29.1 Å². The van der Waals surface area contributed by atoms with Gasteiger partial charge in [0.1, 0.15) is 5.82 Å². The van der Waals surface area contributed by atoms with E-state index in [0.717, 1.165) is 6.07 Å². The van der Waals surface area contributed by atoms with Crippen molar-refractivity contribution in [3.05, 3.63) is 53.8 Å². The molecule has 1 N–H and O–H groups in total. The van der Waals surface area contributed by atoms with Gasteiger partial charge in [0.05, 0.1) is 16.3 Å². The van der Waals surface area contributed by atoms with Crippen molar-refractivity contribution < 1.29 is 21.2 Å². The fourth-order valence-electron chi connectivity index (χ4n) is 2.62. The molecule has 1 saturated heterocycles. The molecule has 1 heterocycles. The molecule has 1 aliphatic heterocycles. The molecule has 9 heteroatoms. The van der Waals surface area contributed by atoms with Crippen molar-refractivity contribution in [1.29, 1.82) is 0 Å². The Morgan fingerprint density at radius 2 is 1.80 bits per heavy atom. The molecular weight excluding hydrogens is 367 g/mol. The summed E-state index contributed by atoms with van der Waals surface area (Å²) in [6.07, 6.45) is 0.570. The number of hydrogen-bond acceptors (Lipinski definition) is 4. The Morgan fingerprint density at radius 1 is 1.12 bits per heavy atom. The third kappa shape index (κ3) is 3.62. The summed E-state index contributed by atoms with van der Waals surface area (Å²) in [5.41, 5.74) is 1.03. The van der Waals surface area contributed by atoms with Crippen LogP contribution in [0.3, 0.4) is 0 Å². The Morgan fingerprint density at radius 3 is 2.36 bits per heavy atom. The second-order valence-electron chi connectivity index (χ2n) is 5.81. The van der Waals surface area contributed by atoms with E-state index in [1.807, 2.05) is 0 Å². The van der Waals surface area contributed by atoms with Crippen molar-refractivity contribution in [2.75, 3.05) is 21.3 Å². The van der Waals surface area contributed by atoms with Gasteiger partial charge in [-0.3, -0.25) is 9.03 Å². The van der Waals surface area contributed by atoms with E-state index in [9.17, 15) is 21.2 Å². The molecule has 1 fully saturated rings. The molecule has 6 nitrogen and oxygen atoms in total. The van der Waals surface area contributed by atoms with Gasteiger partial charge in [-0.15, -0.1) is 0 Å². The van der Waals surface area contributed by atoms with E-state index >= 15 is 0 Å². The van der Waals surface area contributed by atoms with Crippen molar-refractivity contribution >= 4 is 31.4 Å². The summed E-state index contributed by atoms with van der Waals surface area (Å²) in [6, 6.07) is 9.64. The number of nitrogens with zero attached hydrogens (tertiary/aromatic N) is 1. The molecule has 1 aliphatic rings. The highest BCUT2D eigenvalue weighted by Crippen LogP contribution is 2.26. The summed E-state index contributed by atoms with van der Waals surface area (Å²) in [4.78, 5) is -0.0439. The Kier molecular flexibility index (Phi) is 4.46. The van der Waals surface area contributed by atoms with Crippen LogP contribution in [0.5, 0.6) is 0 Å². The van der Waals surface area contributed by atoms with Crippen molar-refractivity contribution in [3.8, 4) is 0 Å². The average Bonchev–Trinajstić information content (AvgIpc) is 2.90. The standard InChI is InChI=1S/C16H17FN2O4S2/c1-12-11-15(7-8-16(12)17)25(22,23)18-13-3-5-14(6-4-13)19-9-2-10-24(19,20)21/h3-8,11,18H,2,9-10H2,1H3. The molecule has 0 spiro atoms. The molecular formula is C16H17FN2O4S2. The van der Waals surface area contributed by atoms with Gasteiger partial charge in [-0.1, -0.05) is 0 Å². The van der Waals surface area contributed by atoms with E-state index in [1.54, 1.807) is 12.1 Å². The van der Waals surface area contributed by atoms with E-state index in [4.69, 9.17) is 0 Å². The fourth-order valence-corrected chi connectivity index (χ4v) is 5.33. The highest BCUT2D eigenvalue weighted by molar-refractivity contribution is 7.93. The third-order valence-corrected chi connectivity index (χ3v) is 7.19. The minimum Gasteiger partial charge on any atom is -0.280 e. The molecule has 0 aliphatic carbocycles. The Labute approximate surface area is 146 Å². The second kappa shape index (κ2) is 6.30. The molecule has 0 amide bonds. The number of aryl methyl sites for hydroxylation is 1. The maximum atomic E-state index is 13.3. The summed E-state index contributed by atoms with van der Waals surface area (Å²) >= 11 is 0. The van der Waals surface area contributed by atoms with E-state index < -0.39 is 25.9 Å². The van der Waals surface area contributed by atoms with Gasteiger partial charge >= 0.3 is 0 Å². The van der Waals surface area contributed by atoms with Crippen LogP contribution >= 0.6 is 0 Å². The zero-order chi connectivity index (χ0) is 18.2. The van der Waals surface area contributed by atoms with Gasteiger partial charge in [-0.2, -0.15) is 0 Å². The highest BCUT2D eigenvalue weighted by atomic mass is 32.2. The van der Waals surface area contributed by atoms with Crippen LogP contribution in [-0.2, 0) is 20.0 Å². The van der Waals surface area contributed by atoms with Crippen molar-refractivity contribution in [3.63, 3.8) is 0 Å². The predicted molar refractivity (Wildman–Crippen MR) is 94.1 cm³/mol. The molecule has 0 unspecified atom stereocenters. The van der Waals surface area contributed by atoms with E-state index in [2.05, 4.69) is 4.72 Å². The van der Waals surface area contributed by atoms with Gasteiger partial charge in [0.15, 0.2) is 0 Å². The highest BCUT2D eigenvalue weighted by Gasteiger charge is 2.28. The first-order valence-electron chi connectivity index (χ1n) is 7.58. The molecule has 2 aromatic rings. The maximum Gasteiger partial charge on any atom is 0.261 e. The van der Waals surface area contributed by atoms with Gasteiger partial charge in [0.25, 0.3) is 10.0 Å². The molecule has 2 aromatic carbocycles. The van der Waals surface area contributed by atoms with E-state index in [0.29, 0.717) is 24.3 Å². The van der Waals surface area contributed by atoms with Gasteiger partial charge in [-0.05, 0) is 61.4 Å². The second-order valence-corrected chi connectivity index (χ2v) is 9.50.